The summed E-state index contributed by atoms with van der Waals surface area (Å²) in [6.45, 7) is 6.25. The van der Waals surface area contributed by atoms with Crippen LogP contribution in [0.15, 0.2) is 12.4 Å². The van der Waals surface area contributed by atoms with Crippen LogP contribution in [0.2, 0.25) is 0 Å². The standard InChI is InChI=1S/C13H21N5O3/c1-10(2)18-8-11(7-14-18)15-13(21)17-5-3-16(4-6-17)9-12(19)20/h7-8,10H,3-6,9H2,1-2H3,(H,15,21)(H,19,20). The number of hydrogen-bond acceptors (Lipinski definition) is 4. The van der Waals surface area contributed by atoms with Crippen LogP contribution in [-0.4, -0.2) is 69.4 Å². The number of urea groups is 1. The average Bonchev–Trinajstić information content (AvgIpc) is 2.87. The number of nitrogens with one attached hydrogen (secondary N) is 1. The summed E-state index contributed by atoms with van der Waals surface area (Å²) in [4.78, 5) is 26.3. The summed E-state index contributed by atoms with van der Waals surface area (Å²) >= 11 is 0. The van der Waals surface area contributed by atoms with Gasteiger partial charge in [-0.2, -0.15) is 5.10 Å². The first-order chi connectivity index (χ1) is 9.95. The molecule has 2 rings (SSSR count). The van der Waals surface area contributed by atoms with Gasteiger partial charge in [-0.1, -0.05) is 0 Å². The minimum absolute atomic E-state index is 0.0244. The Balaban J connectivity index is 1.83. The number of piperazine rings is 1. The molecule has 2 heterocycles. The Morgan fingerprint density at radius 2 is 2.00 bits per heavy atom. The normalized spacial score (nSPS) is 16.2. The molecule has 0 radical (unpaired) electrons. The first kappa shape index (κ1) is 15.3. The first-order valence-corrected chi connectivity index (χ1v) is 7.00. The molecule has 8 heteroatoms. The van der Waals surface area contributed by atoms with Crippen LogP contribution in [-0.2, 0) is 4.79 Å². The number of carboxylic acids is 1. The van der Waals surface area contributed by atoms with Crippen LogP contribution in [0.5, 0.6) is 0 Å². The number of amides is 2. The SMILES string of the molecule is CC(C)n1cc(NC(=O)N2CCN(CC(=O)O)CC2)cn1. The van der Waals surface area contributed by atoms with E-state index >= 15 is 0 Å². The molecule has 2 amide bonds. The zero-order chi connectivity index (χ0) is 15.4. The van der Waals surface area contributed by atoms with E-state index in [9.17, 15) is 9.59 Å². The van der Waals surface area contributed by atoms with Gasteiger partial charge in [-0.05, 0) is 13.8 Å². The topological polar surface area (TPSA) is 90.7 Å². The summed E-state index contributed by atoms with van der Waals surface area (Å²) in [5.74, 6) is -0.839. The molecule has 1 aromatic rings. The first-order valence-electron chi connectivity index (χ1n) is 7.00. The van der Waals surface area contributed by atoms with Gasteiger partial charge in [-0.25, -0.2) is 4.79 Å². The molecule has 0 aliphatic carbocycles. The highest BCUT2D eigenvalue weighted by molar-refractivity contribution is 5.89. The number of nitrogens with zero attached hydrogens (tertiary/aromatic N) is 4. The summed E-state index contributed by atoms with van der Waals surface area (Å²) < 4.78 is 1.78. The molecule has 0 bridgehead atoms. The number of anilines is 1. The lowest BCUT2D eigenvalue weighted by Crippen LogP contribution is -2.51. The van der Waals surface area contributed by atoms with Crippen molar-refractivity contribution < 1.29 is 14.7 Å². The molecular weight excluding hydrogens is 274 g/mol. The molecule has 1 saturated heterocycles. The van der Waals surface area contributed by atoms with Crippen molar-refractivity contribution in [2.24, 2.45) is 0 Å². The molecule has 1 aromatic heterocycles. The quantitative estimate of drug-likeness (QED) is 0.853. The van der Waals surface area contributed by atoms with Crippen LogP contribution >= 0.6 is 0 Å². The van der Waals surface area contributed by atoms with E-state index in [1.54, 1.807) is 22.0 Å². The predicted molar refractivity (Wildman–Crippen MR) is 77.3 cm³/mol. The van der Waals surface area contributed by atoms with E-state index in [0.29, 0.717) is 31.9 Å². The molecule has 0 atom stereocenters. The van der Waals surface area contributed by atoms with Gasteiger partial charge in [0.1, 0.15) is 0 Å². The van der Waals surface area contributed by atoms with Gasteiger partial charge in [0, 0.05) is 38.4 Å². The maximum absolute atomic E-state index is 12.1. The Kier molecular flexibility index (Phi) is 4.79. The lowest BCUT2D eigenvalue weighted by Gasteiger charge is -2.33. The van der Waals surface area contributed by atoms with Crippen molar-refractivity contribution in [1.82, 2.24) is 19.6 Å². The molecule has 0 aromatic carbocycles. The van der Waals surface area contributed by atoms with Crippen molar-refractivity contribution in [1.29, 1.82) is 0 Å². The maximum Gasteiger partial charge on any atom is 0.322 e. The van der Waals surface area contributed by atoms with Crippen LogP contribution in [0.1, 0.15) is 19.9 Å². The molecular formula is C13H21N5O3. The molecule has 0 unspecified atom stereocenters. The second kappa shape index (κ2) is 6.57. The van der Waals surface area contributed by atoms with Gasteiger partial charge in [0.25, 0.3) is 0 Å². The lowest BCUT2D eigenvalue weighted by molar-refractivity contribution is -0.138. The molecule has 8 nitrogen and oxygen atoms in total. The number of rotatable bonds is 4. The van der Waals surface area contributed by atoms with Crippen LogP contribution in [0.4, 0.5) is 10.5 Å². The van der Waals surface area contributed by atoms with Crippen LogP contribution < -0.4 is 5.32 Å². The number of carboxylic acid groups (broad SMARTS) is 1. The molecule has 1 aliphatic heterocycles. The van der Waals surface area contributed by atoms with E-state index in [2.05, 4.69) is 10.4 Å². The number of aromatic nitrogens is 2. The summed E-state index contributed by atoms with van der Waals surface area (Å²) in [5, 5.41) is 15.7. The van der Waals surface area contributed by atoms with Crippen molar-refractivity contribution in [2.75, 3.05) is 38.0 Å². The minimum atomic E-state index is -0.839. The van der Waals surface area contributed by atoms with Crippen molar-refractivity contribution >= 4 is 17.7 Å². The Morgan fingerprint density at radius 3 is 2.52 bits per heavy atom. The number of aliphatic carboxylic acids is 1. The van der Waals surface area contributed by atoms with Crippen molar-refractivity contribution in [3.05, 3.63) is 12.4 Å². The van der Waals surface area contributed by atoms with Gasteiger partial charge in [0.15, 0.2) is 0 Å². The van der Waals surface area contributed by atoms with Crippen molar-refractivity contribution in [3.63, 3.8) is 0 Å². The predicted octanol–water partition coefficient (Wildman–Crippen LogP) is 0.698. The van der Waals surface area contributed by atoms with E-state index in [1.807, 2.05) is 18.7 Å². The van der Waals surface area contributed by atoms with E-state index < -0.39 is 5.97 Å². The average molecular weight is 295 g/mol. The Bertz CT molecular complexity index is 506. The van der Waals surface area contributed by atoms with Gasteiger partial charge in [-0.15, -0.1) is 0 Å². The Morgan fingerprint density at radius 1 is 1.33 bits per heavy atom. The van der Waals surface area contributed by atoms with Gasteiger partial charge < -0.3 is 15.3 Å². The second-order valence-corrected chi connectivity index (χ2v) is 5.39. The van der Waals surface area contributed by atoms with Crippen LogP contribution in [0.25, 0.3) is 0 Å². The summed E-state index contributed by atoms with van der Waals surface area (Å²) in [5.41, 5.74) is 0.668. The molecule has 1 fully saturated rings. The third-order valence-electron chi connectivity index (χ3n) is 3.40. The van der Waals surface area contributed by atoms with Gasteiger partial charge >= 0.3 is 12.0 Å². The highest BCUT2D eigenvalue weighted by atomic mass is 16.4. The Labute approximate surface area is 123 Å². The highest BCUT2D eigenvalue weighted by Crippen LogP contribution is 2.11. The third-order valence-corrected chi connectivity index (χ3v) is 3.40. The molecule has 2 N–H and O–H groups in total. The number of carbonyl (C=O) groups excluding carboxylic acids is 1. The monoisotopic (exact) mass is 295 g/mol. The van der Waals surface area contributed by atoms with E-state index in [1.165, 1.54) is 0 Å². The molecule has 0 spiro atoms. The molecule has 116 valence electrons. The zero-order valence-electron chi connectivity index (χ0n) is 12.3. The largest absolute Gasteiger partial charge is 0.480 e. The number of hydrogen-bond donors (Lipinski definition) is 2. The maximum atomic E-state index is 12.1. The fourth-order valence-electron chi connectivity index (χ4n) is 2.19. The van der Waals surface area contributed by atoms with E-state index in [0.717, 1.165) is 0 Å². The Hall–Kier alpha value is -2.09. The third kappa shape index (κ3) is 4.19. The molecule has 21 heavy (non-hydrogen) atoms. The van der Waals surface area contributed by atoms with E-state index in [4.69, 9.17) is 5.11 Å². The lowest BCUT2D eigenvalue weighted by atomic mass is 10.3. The summed E-state index contributed by atoms with van der Waals surface area (Å²) in [6, 6.07) is 0.0727. The summed E-state index contributed by atoms with van der Waals surface area (Å²) in [7, 11) is 0. The fraction of sp³-hybridized carbons (Fsp3) is 0.615. The van der Waals surface area contributed by atoms with E-state index in [-0.39, 0.29) is 18.6 Å². The molecule has 1 aliphatic rings. The smallest absolute Gasteiger partial charge is 0.322 e. The molecule has 0 saturated carbocycles. The van der Waals surface area contributed by atoms with Crippen LogP contribution in [0.3, 0.4) is 0 Å². The van der Waals surface area contributed by atoms with Crippen molar-refractivity contribution in [2.45, 2.75) is 19.9 Å². The minimum Gasteiger partial charge on any atom is -0.480 e. The number of carbonyl (C=O) groups is 2. The highest BCUT2D eigenvalue weighted by Gasteiger charge is 2.22. The second-order valence-electron chi connectivity index (χ2n) is 5.39. The van der Waals surface area contributed by atoms with Gasteiger partial charge in [0.2, 0.25) is 0 Å². The van der Waals surface area contributed by atoms with Crippen molar-refractivity contribution in [3.8, 4) is 0 Å². The van der Waals surface area contributed by atoms with Gasteiger partial charge in [-0.3, -0.25) is 14.4 Å². The summed E-state index contributed by atoms with van der Waals surface area (Å²) in [6.07, 6.45) is 3.42. The van der Waals surface area contributed by atoms with Crippen LogP contribution in [0, 0.1) is 0 Å². The zero-order valence-corrected chi connectivity index (χ0v) is 12.3. The fourth-order valence-corrected chi connectivity index (χ4v) is 2.19. The van der Waals surface area contributed by atoms with Gasteiger partial charge in [0.05, 0.1) is 18.4 Å².